The summed E-state index contributed by atoms with van der Waals surface area (Å²) >= 11 is 0. The summed E-state index contributed by atoms with van der Waals surface area (Å²) in [6, 6.07) is 4.27. The van der Waals surface area contributed by atoms with Gasteiger partial charge in [0, 0.05) is 51.2 Å². The Labute approximate surface area is 156 Å². The number of carbonyl (C=O) groups is 1. The summed E-state index contributed by atoms with van der Waals surface area (Å²) in [5.41, 5.74) is 1.05. The Morgan fingerprint density at radius 2 is 1.92 bits per heavy atom. The van der Waals surface area contributed by atoms with Crippen LogP contribution in [0, 0.1) is 12.5 Å². The fraction of sp³-hybridized carbons (Fsp3) is 0.650. The number of amides is 1. The predicted octanol–water partition coefficient (Wildman–Crippen LogP) is 2.79. The topological polar surface area (TPSA) is 44.0 Å². The van der Waals surface area contributed by atoms with E-state index in [9.17, 15) is 4.79 Å². The van der Waals surface area contributed by atoms with E-state index in [2.05, 4.69) is 38.4 Å². The van der Waals surface area contributed by atoms with Gasteiger partial charge in [-0.1, -0.05) is 6.57 Å². The second kappa shape index (κ2) is 8.50. The van der Waals surface area contributed by atoms with E-state index in [1.807, 2.05) is 6.07 Å². The zero-order chi connectivity index (χ0) is 18.5. The van der Waals surface area contributed by atoms with Gasteiger partial charge in [-0.25, -0.2) is 0 Å². The van der Waals surface area contributed by atoms with Gasteiger partial charge in [-0.3, -0.25) is 9.69 Å². The molecule has 0 unspecified atom stereocenters. The van der Waals surface area contributed by atoms with E-state index < -0.39 is 0 Å². The van der Waals surface area contributed by atoms with Gasteiger partial charge in [-0.2, -0.15) is 0 Å². The first-order valence-corrected chi connectivity index (χ1v) is 9.70. The number of hydrogen-bond acceptors (Lipinski definition) is 4. The molecule has 0 bridgehead atoms. The first-order chi connectivity index (χ1) is 12.6. The maximum Gasteiger partial charge on any atom is 0.269 e. The molecule has 1 aromatic heterocycles. The SMILES string of the molecule is [C-]#[N+]c1ccc(N2CCC(C(=O)N3CCCN(C(C)C)CC3)CC2)cn1. The standard InChI is InChI=1S/C20H29N5O/c1-16(2)23-9-4-10-25(14-13-23)20(26)17-7-11-24(12-8-17)18-5-6-19(21-3)22-15-18/h5-6,15-17H,4,7-14H2,1-2H3. The van der Waals surface area contributed by atoms with Gasteiger partial charge < -0.3 is 14.6 Å². The highest BCUT2D eigenvalue weighted by Crippen LogP contribution is 2.25. The Bertz CT molecular complexity index is 643. The minimum atomic E-state index is 0.146. The minimum absolute atomic E-state index is 0.146. The van der Waals surface area contributed by atoms with Crippen molar-refractivity contribution in [3.8, 4) is 0 Å². The Morgan fingerprint density at radius 3 is 2.54 bits per heavy atom. The van der Waals surface area contributed by atoms with Gasteiger partial charge >= 0.3 is 0 Å². The van der Waals surface area contributed by atoms with Gasteiger partial charge in [0.2, 0.25) is 5.91 Å². The molecule has 0 radical (unpaired) electrons. The molecule has 6 heteroatoms. The number of carbonyl (C=O) groups excluding carboxylic acids is 1. The van der Waals surface area contributed by atoms with Crippen molar-refractivity contribution in [1.82, 2.24) is 14.8 Å². The van der Waals surface area contributed by atoms with Crippen molar-refractivity contribution in [2.75, 3.05) is 44.2 Å². The van der Waals surface area contributed by atoms with Crippen molar-refractivity contribution in [2.24, 2.45) is 5.92 Å². The molecule has 0 saturated carbocycles. The first kappa shape index (κ1) is 18.7. The van der Waals surface area contributed by atoms with Crippen molar-refractivity contribution in [3.63, 3.8) is 0 Å². The van der Waals surface area contributed by atoms with Crippen LogP contribution in [0.15, 0.2) is 18.3 Å². The van der Waals surface area contributed by atoms with Crippen LogP contribution in [0.4, 0.5) is 11.5 Å². The van der Waals surface area contributed by atoms with E-state index in [1.54, 1.807) is 12.3 Å². The second-order valence-corrected chi connectivity index (χ2v) is 7.56. The summed E-state index contributed by atoms with van der Waals surface area (Å²) in [7, 11) is 0. The molecule has 0 aromatic carbocycles. The van der Waals surface area contributed by atoms with Gasteiger partial charge in [0.1, 0.15) is 6.20 Å². The lowest BCUT2D eigenvalue weighted by Gasteiger charge is -2.34. The van der Waals surface area contributed by atoms with E-state index in [4.69, 9.17) is 6.57 Å². The molecular weight excluding hydrogens is 326 g/mol. The van der Waals surface area contributed by atoms with Crippen molar-refractivity contribution in [1.29, 1.82) is 0 Å². The lowest BCUT2D eigenvalue weighted by atomic mass is 9.95. The smallest absolute Gasteiger partial charge is 0.269 e. The van der Waals surface area contributed by atoms with Crippen molar-refractivity contribution in [2.45, 2.75) is 39.2 Å². The zero-order valence-corrected chi connectivity index (χ0v) is 15.9. The van der Waals surface area contributed by atoms with Crippen LogP contribution in [0.25, 0.3) is 4.85 Å². The molecule has 0 spiro atoms. The summed E-state index contributed by atoms with van der Waals surface area (Å²) in [5, 5.41) is 0. The van der Waals surface area contributed by atoms with Gasteiger partial charge in [0.05, 0.1) is 5.69 Å². The largest absolute Gasteiger partial charge is 0.369 e. The molecule has 3 heterocycles. The summed E-state index contributed by atoms with van der Waals surface area (Å²) < 4.78 is 0. The number of pyridine rings is 1. The fourth-order valence-corrected chi connectivity index (χ4v) is 3.95. The molecule has 6 nitrogen and oxygen atoms in total. The zero-order valence-electron chi connectivity index (χ0n) is 15.9. The van der Waals surface area contributed by atoms with Crippen LogP contribution in [0.5, 0.6) is 0 Å². The lowest BCUT2D eigenvalue weighted by molar-refractivity contribution is -0.136. The molecule has 0 atom stereocenters. The maximum atomic E-state index is 13.0. The van der Waals surface area contributed by atoms with Crippen LogP contribution < -0.4 is 4.90 Å². The summed E-state index contributed by atoms with van der Waals surface area (Å²) in [4.78, 5) is 27.3. The second-order valence-electron chi connectivity index (χ2n) is 7.56. The third-order valence-corrected chi connectivity index (χ3v) is 5.63. The normalized spacial score (nSPS) is 20.1. The average Bonchev–Trinajstić information content (AvgIpc) is 2.94. The highest BCUT2D eigenvalue weighted by molar-refractivity contribution is 5.79. The fourth-order valence-electron chi connectivity index (χ4n) is 3.95. The highest BCUT2D eigenvalue weighted by Gasteiger charge is 2.30. The quantitative estimate of drug-likeness (QED) is 0.782. The van der Waals surface area contributed by atoms with E-state index in [1.165, 1.54) is 0 Å². The summed E-state index contributed by atoms with van der Waals surface area (Å²) in [6.45, 7) is 17.0. The molecular formula is C20H29N5O. The van der Waals surface area contributed by atoms with Crippen LogP contribution in [0.3, 0.4) is 0 Å². The monoisotopic (exact) mass is 355 g/mol. The van der Waals surface area contributed by atoms with Gasteiger partial charge in [0.15, 0.2) is 0 Å². The van der Waals surface area contributed by atoms with Crippen LogP contribution in [0.2, 0.25) is 0 Å². The number of anilines is 1. The predicted molar refractivity (Wildman–Crippen MR) is 103 cm³/mol. The van der Waals surface area contributed by atoms with E-state index in [0.717, 1.165) is 64.2 Å². The highest BCUT2D eigenvalue weighted by atomic mass is 16.2. The average molecular weight is 355 g/mol. The third kappa shape index (κ3) is 4.34. The van der Waals surface area contributed by atoms with Crippen LogP contribution in [-0.2, 0) is 4.79 Å². The molecule has 140 valence electrons. The molecule has 1 aromatic rings. The van der Waals surface area contributed by atoms with Crippen molar-refractivity contribution < 1.29 is 4.79 Å². The minimum Gasteiger partial charge on any atom is -0.369 e. The lowest BCUT2D eigenvalue weighted by Crippen LogP contribution is -2.44. The number of nitrogens with zero attached hydrogens (tertiary/aromatic N) is 5. The van der Waals surface area contributed by atoms with E-state index >= 15 is 0 Å². The molecule has 2 aliphatic heterocycles. The molecule has 2 aliphatic rings. The van der Waals surface area contributed by atoms with Crippen molar-refractivity contribution >= 4 is 17.4 Å². The molecule has 0 aliphatic carbocycles. The number of rotatable bonds is 3. The van der Waals surface area contributed by atoms with Crippen LogP contribution >= 0.6 is 0 Å². The van der Waals surface area contributed by atoms with E-state index in [0.29, 0.717) is 17.8 Å². The van der Waals surface area contributed by atoms with Crippen LogP contribution in [-0.4, -0.2) is 66.0 Å². The molecule has 0 N–H and O–H groups in total. The summed E-state index contributed by atoms with van der Waals surface area (Å²) in [5.74, 6) is 0.916. The Morgan fingerprint density at radius 1 is 1.15 bits per heavy atom. The third-order valence-electron chi connectivity index (χ3n) is 5.63. The number of aromatic nitrogens is 1. The first-order valence-electron chi connectivity index (χ1n) is 9.70. The summed E-state index contributed by atoms with van der Waals surface area (Å²) in [6.07, 6.45) is 4.63. The number of hydrogen-bond donors (Lipinski definition) is 0. The molecule has 26 heavy (non-hydrogen) atoms. The molecule has 2 saturated heterocycles. The maximum absolute atomic E-state index is 13.0. The molecule has 1 amide bonds. The van der Waals surface area contributed by atoms with Crippen molar-refractivity contribution in [3.05, 3.63) is 29.7 Å². The van der Waals surface area contributed by atoms with Gasteiger partial charge in [0.25, 0.3) is 5.82 Å². The molecule has 3 rings (SSSR count). The van der Waals surface area contributed by atoms with Gasteiger partial charge in [-0.05, 0) is 45.2 Å². The Balaban J connectivity index is 1.52. The van der Waals surface area contributed by atoms with Crippen LogP contribution in [0.1, 0.15) is 33.1 Å². The number of piperidine rings is 1. The van der Waals surface area contributed by atoms with Gasteiger partial charge in [-0.15, -0.1) is 4.98 Å². The Hall–Kier alpha value is -2.13. The molecule has 2 fully saturated rings. The Kier molecular flexibility index (Phi) is 6.10. The van der Waals surface area contributed by atoms with E-state index in [-0.39, 0.29) is 5.92 Å².